The average molecular weight is 458 g/mol. The van der Waals surface area contributed by atoms with Gasteiger partial charge in [-0.05, 0) is 31.5 Å². The number of hydrogen-bond acceptors (Lipinski definition) is 5. The second-order valence-electron chi connectivity index (χ2n) is 6.26. The summed E-state index contributed by atoms with van der Waals surface area (Å²) in [5.41, 5.74) is 6.47. The molecule has 0 bridgehead atoms. The van der Waals surface area contributed by atoms with Crippen LogP contribution in [-0.4, -0.2) is 32.1 Å². The lowest BCUT2D eigenvalue weighted by Gasteiger charge is -2.05. The first-order valence-electron chi connectivity index (χ1n) is 8.62. The lowest BCUT2D eigenvalue weighted by Crippen LogP contribution is -2.21. The number of nitrogens with zero attached hydrogens (tertiary/aromatic N) is 4. The highest BCUT2D eigenvalue weighted by atomic mass is 79.9. The summed E-state index contributed by atoms with van der Waals surface area (Å²) >= 11 is 4.78. The molecule has 1 aromatic heterocycles. The molecule has 0 aliphatic rings. The summed E-state index contributed by atoms with van der Waals surface area (Å²) in [6, 6.07) is 15.9. The van der Waals surface area contributed by atoms with Gasteiger partial charge in [0.2, 0.25) is 0 Å². The number of carbonyl (C=O) groups is 1. The number of rotatable bonds is 6. The van der Waals surface area contributed by atoms with Crippen LogP contribution >= 0.6 is 27.7 Å². The minimum absolute atomic E-state index is 0.191. The van der Waals surface area contributed by atoms with Crippen LogP contribution in [-0.2, 0) is 11.8 Å². The van der Waals surface area contributed by atoms with Gasteiger partial charge in [0.15, 0.2) is 11.0 Å². The largest absolute Gasteiger partial charge is 0.305 e. The van der Waals surface area contributed by atoms with Crippen molar-refractivity contribution in [3.63, 3.8) is 0 Å². The van der Waals surface area contributed by atoms with Crippen LogP contribution in [0.5, 0.6) is 0 Å². The zero-order chi connectivity index (χ0) is 20.1. The van der Waals surface area contributed by atoms with Gasteiger partial charge in [-0.15, -0.1) is 10.2 Å². The van der Waals surface area contributed by atoms with Gasteiger partial charge < -0.3 is 4.57 Å². The van der Waals surface area contributed by atoms with E-state index in [0.29, 0.717) is 5.16 Å². The lowest BCUT2D eigenvalue weighted by molar-refractivity contribution is -0.118. The summed E-state index contributed by atoms with van der Waals surface area (Å²) in [7, 11) is 1.89. The number of aromatic nitrogens is 3. The summed E-state index contributed by atoms with van der Waals surface area (Å²) in [4.78, 5) is 12.1. The summed E-state index contributed by atoms with van der Waals surface area (Å²) < 4.78 is 2.85. The molecule has 1 heterocycles. The molecule has 2 aromatic carbocycles. The molecule has 0 fully saturated rings. The Morgan fingerprint density at radius 3 is 2.68 bits per heavy atom. The molecule has 1 amide bonds. The number of thioether (sulfide) groups is 1. The van der Waals surface area contributed by atoms with E-state index in [2.05, 4.69) is 36.7 Å². The van der Waals surface area contributed by atoms with Gasteiger partial charge >= 0.3 is 0 Å². The van der Waals surface area contributed by atoms with E-state index in [1.54, 1.807) is 0 Å². The van der Waals surface area contributed by atoms with Crippen LogP contribution < -0.4 is 5.43 Å². The third-order valence-electron chi connectivity index (χ3n) is 4.07. The van der Waals surface area contributed by atoms with E-state index in [1.165, 1.54) is 17.3 Å². The number of carbonyl (C=O) groups excluding carboxylic acids is 1. The second kappa shape index (κ2) is 9.16. The topological polar surface area (TPSA) is 72.2 Å². The monoisotopic (exact) mass is 457 g/mol. The molecule has 1 N–H and O–H groups in total. The zero-order valence-corrected chi connectivity index (χ0v) is 18.2. The van der Waals surface area contributed by atoms with Gasteiger partial charge in [0.25, 0.3) is 5.91 Å². The maximum Gasteiger partial charge on any atom is 0.250 e. The van der Waals surface area contributed by atoms with Crippen molar-refractivity contribution in [3.05, 3.63) is 64.1 Å². The highest BCUT2D eigenvalue weighted by Crippen LogP contribution is 2.24. The molecule has 3 rings (SSSR count). The van der Waals surface area contributed by atoms with E-state index in [4.69, 9.17) is 0 Å². The normalized spacial score (nSPS) is 11.5. The third-order valence-corrected chi connectivity index (χ3v) is 5.58. The molecular weight excluding hydrogens is 438 g/mol. The van der Waals surface area contributed by atoms with Gasteiger partial charge in [-0.25, -0.2) is 5.43 Å². The van der Waals surface area contributed by atoms with Crippen molar-refractivity contribution >= 4 is 39.3 Å². The van der Waals surface area contributed by atoms with E-state index in [-0.39, 0.29) is 11.7 Å². The van der Waals surface area contributed by atoms with Crippen LogP contribution in [0.15, 0.2) is 63.3 Å². The smallest absolute Gasteiger partial charge is 0.250 e. The van der Waals surface area contributed by atoms with Gasteiger partial charge in [0.05, 0.1) is 11.5 Å². The zero-order valence-electron chi connectivity index (χ0n) is 15.8. The standard InChI is InChI=1S/C20H20BrN5OS/c1-13-7-9-15(10-8-13)14(2)22-23-18(27)12-28-20-25-24-19(26(20)3)16-5-4-6-17(21)11-16/h4-11H,12H2,1-3H3,(H,23,27)/b22-14+. The van der Waals surface area contributed by atoms with Crippen LogP contribution in [0.3, 0.4) is 0 Å². The Morgan fingerprint density at radius 1 is 1.21 bits per heavy atom. The van der Waals surface area contributed by atoms with Crippen LogP contribution in [0.1, 0.15) is 18.1 Å². The van der Waals surface area contributed by atoms with Gasteiger partial charge in [0.1, 0.15) is 0 Å². The van der Waals surface area contributed by atoms with Gasteiger partial charge in [0, 0.05) is 17.1 Å². The third kappa shape index (κ3) is 5.08. The Kier molecular flexibility index (Phi) is 6.64. The number of halogens is 1. The van der Waals surface area contributed by atoms with E-state index in [9.17, 15) is 4.79 Å². The van der Waals surface area contributed by atoms with Crippen molar-refractivity contribution in [2.24, 2.45) is 12.1 Å². The average Bonchev–Trinajstić information content (AvgIpc) is 3.05. The second-order valence-corrected chi connectivity index (χ2v) is 8.12. The molecule has 0 atom stereocenters. The minimum atomic E-state index is -0.191. The van der Waals surface area contributed by atoms with Gasteiger partial charge in [-0.1, -0.05) is 69.7 Å². The van der Waals surface area contributed by atoms with Crippen molar-refractivity contribution in [2.45, 2.75) is 19.0 Å². The highest BCUT2D eigenvalue weighted by molar-refractivity contribution is 9.10. The molecule has 0 saturated carbocycles. The van der Waals surface area contributed by atoms with Crippen LogP contribution in [0.4, 0.5) is 0 Å². The molecule has 8 heteroatoms. The maximum atomic E-state index is 12.1. The highest BCUT2D eigenvalue weighted by Gasteiger charge is 2.13. The summed E-state index contributed by atoms with van der Waals surface area (Å²) in [6.07, 6.45) is 0. The maximum absolute atomic E-state index is 12.1. The first-order chi connectivity index (χ1) is 13.4. The van der Waals surface area contributed by atoms with Crippen molar-refractivity contribution in [3.8, 4) is 11.4 Å². The predicted octanol–water partition coefficient (Wildman–Crippen LogP) is 4.19. The number of nitrogens with one attached hydrogen (secondary N) is 1. The van der Waals surface area contributed by atoms with Gasteiger partial charge in [-0.3, -0.25) is 4.79 Å². The fourth-order valence-corrected chi connectivity index (χ4v) is 3.59. The molecule has 0 spiro atoms. The van der Waals surface area contributed by atoms with Crippen molar-refractivity contribution in [2.75, 3.05) is 5.75 Å². The van der Waals surface area contributed by atoms with Crippen LogP contribution in [0, 0.1) is 6.92 Å². The first-order valence-corrected chi connectivity index (χ1v) is 10.4. The van der Waals surface area contributed by atoms with E-state index in [1.807, 2.05) is 74.0 Å². The van der Waals surface area contributed by atoms with Crippen LogP contribution in [0.25, 0.3) is 11.4 Å². The number of benzene rings is 2. The Bertz CT molecular complexity index is 1010. The minimum Gasteiger partial charge on any atom is -0.305 e. The Balaban J connectivity index is 1.59. The van der Waals surface area contributed by atoms with Gasteiger partial charge in [-0.2, -0.15) is 5.10 Å². The number of aryl methyl sites for hydroxylation is 1. The van der Waals surface area contributed by atoms with Crippen molar-refractivity contribution in [1.82, 2.24) is 20.2 Å². The van der Waals surface area contributed by atoms with E-state index < -0.39 is 0 Å². The Morgan fingerprint density at radius 2 is 1.96 bits per heavy atom. The molecule has 3 aromatic rings. The predicted molar refractivity (Wildman–Crippen MR) is 116 cm³/mol. The molecule has 6 nitrogen and oxygen atoms in total. The SMILES string of the molecule is C/C(=N\NC(=O)CSc1nnc(-c2cccc(Br)c2)n1C)c1ccc(C)cc1. The molecule has 144 valence electrons. The number of hydrogen-bond donors (Lipinski definition) is 1. The van der Waals surface area contributed by atoms with Crippen LogP contribution in [0.2, 0.25) is 0 Å². The molecule has 0 unspecified atom stereocenters. The summed E-state index contributed by atoms with van der Waals surface area (Å²) in [6.45, 7) is 3.90. The number of hydrazone groups is 1. The lowest BCUT2D eigenvalue weighted by atomic mass is 10.1. The fraction of sp³-hybridized carbons (Fsp3) is 0.200. The summed E-state index contributed by atoms with van der Waals surface area (Å²) in [5, 5.41) is 13.3. The molecule has 0 radical (unpaired) electrons. The molecule has 0 aliphatic carbocycles. The molecular formula is C20H20BrN5OS. The van der Waals surface area contributed by atoms with E-state index >= 15 is 0 Å². The Hall–Kier alpha value is -2.45. The molecule has 0 aliphatic heterocycles. The van der Waals surface area contributed by atoms with Crippen molar-refractivity contribution in [1.29, 1.82) is 0 Å². The first kappa shape index (κ1) is 20.3. The van der Waals surface area contributed by atoms with E-state index in [0.717, 1.165) is 27.1 Å². The quantitative estimate of drug-likeness (QED) is 0.342. The molecule has 28 heavy (non-hydrogen) atoms. The fourth-order valence-electron chi connectivity index (χ4n) is 2.49. The number of amides is 1. The van der Waals surface area contributed by atoms with Crippen molar-refractivity contribution < 1.29 is 4.79 Å². The molecule has 0 saturated heterocycles. The Labute approximate surface area is 176 Å². The summed E-state index contributed by atoms with van der Waals surface area (Å²) in [5.74, 6) is 0.760.